The van der Waals surface area contributed by atoms with Crippen LogP contribution >= 0.6 is 0 Å². The number of hydrogen-bond donors (Lipinski definition) is 1. The van der Waals surface area contributed by atoms with E-state index in [-0.39, 0.29) is 24.4 Å². The number of hydrogen-bond acceptors (Lipinski definition) is 5. The Balaban J connectivity index is 1.48. The van der Waals surface area contributed by atoms with E-state index in [1.165, 1.54) is 0 Å². The first-order valence-corrected chi connectivity index (χ1v) is 8.87. The zero-order valence-corrected chi connectivity index (χ0v) is 14.3. The van der Waals surface area contributed by atoms with Crippen molar-refractivity contribution in [2.24, 2.45) is 0 Å². The van der Waals surface area contributed by atoms with Crippen LogP contribution in [0.3, 0.4) is 0 Å². The number of nitrogens with one attached hydrogen (secondary N) is 1. The molecular formula is C17H22N4O4. The predicted octanol–water partition coefficient (Wildman–Crippen LogP) is 1.51. The first kappa shape index (κ1) is 16.1. The fourth-order valence-corrected chi connectivity index (χ4v) is 4.26. The summed E-state index contributed by atoms with van der Waals surface area (Å²) >= 11 is 0. The largest absolute Gasteiger partial charge is 0.359 e. The molecular weight excluding hydrogens is 324 g/mol. The lowest BCUT2D eigenvalue weighted by atomic mass is 9.98. The SMILES string of the molecule is Cc1cc(C2CCCN2C(=O)CN2C(=O)NC3(CCCC3)C2=O)on1. The lowest BCUT2D eigenvalue weighted by Gasteiger charge is -2.25. The molecule has 0 radical (unpaired) electrons. The molecule has 4 rings (SSSR count). The van der Waals surface area contributed by atoms with Crippen LogP contribution in [0.5, 0.6) is 0 Å². The Morgan fingerprint density at radius 1 is 1.36 bits per heavy atom. The number of urea groups is 1. The van der Waals surface area contributed by atoms with Crippen molar-refractivity contribution < 1.29 is 18.9 Å². The summed E-state index contributed by atoms with van der Waals surface area (Å²) < 4.78 is 5.31. The Bertz CT molecular complexity index is 722. The van der Waals surface area contributed by atoms with Gasteiger partial charge in [-0.3, -0.25) is 14.5 Å². The summed E-state index contributed by atoms with van der Waals surface area (Å²) in [4.78, 5) is 40.5. The van der Waals surface area contributed by atoms with Crippen molar-refractivity contribution in [1.82, 2.24) is 20.3 Å². The molecule has 8 nitrogen and oxygen atoms in total. The van der Waals surface area contributed by atoms with E-state index in [0.29, 0.717) is 25.1 Å². The second-order valence-corrected chi connectivity index (χ2v) is 7.23. The maximum absolute atomic E-state index is 12.8. The normalized spacial score (nSPS) is 25.2. The second-order valence-electron chi connectivity index (χ2n) is 7.23. The quantitative estimate of drug-likeness (QED) is 0.837. The van der Waals surface area contributed by atoms with E-state index in [2.05, 4.69) is 10.5 Å². The van der Waals surface area contributed by atoms with Gasteiger partial charge in [0.05, 0.1) is 11.7 Å². The van der Waals surface area contributed by atoms with Crippen molar-refractivity contribution in [3.8, 4) is 0 Å². The van der Waals surface area contributed by atoms with Gasteiger partial charge in [-0.2, -0.15) is 0 Å². The molecule has 4 amide bonds. The molecule has 1 aliphatic carbocycles. The summed E-state index contributed by atoms with van der Waals surface area (Å²) in [6.45, 7) is 2.22. The molecule has 3 heterocycles. The third-order valence-electron chi connectivity index (χ3n) is 5.54. The van der Waals surface area contributed by atoms with Gasteiger partial charge in [-0.25, -0.2) is 4.79 Å². The first-order chi connectivity index (χ1) is 12.0. The molecule has 1 aromatic heterocycles. The smallest absolute Gasteiger partial charge is 0.325 e. The van der Waals surface area contributed by atoms with Crippen LogP contribution in [0.1, 0.15) is 56.0 Å². The van der Waals surface area contributed by atoms with E-state index in [4.69, 9.17) is 4.52 Å². The maximum Gasteiger partial charge on any atom is 0.325 e. The summed E-state index contributed by atoms with van der Waals surface area (Å²) in [6.07, 6.45) is 4.82. The molecule has 2 saturated heterocycles. The van der Waals surface area contributed by atoms with Crippen molar-refractivity contribution in [1.29, 1.82) is 0 Å². The molecule has 1 saturated carbocycles. The highest BCUT2D eigenvalue weighted by Crippen LogP contribution is 2.36. The first-order valence-electron chi connectivity index (χ1n) is 8.87. The number of aryl methyl sites for hydroxylation is 1. The minimum absolute atomic E-state index is 0.171. The van der Waals surface area contributed by atoms with Crippen molar-refractivity contribution in [2.45, 2.75) is 57.0 Å². The third kappa shape index (κ3) is 2.60. The van der Waals surface area contributed by atoms with Crippen LogP contribution in [0.15, 0.2) is 10.6 Å². The van der Waals surface area contributed by atoms with E-state index in [9.17, 15) is 14.4 Å². The summed E-state index contributed by atoms with van der Waals surface area (Å²) in [7, 11) is 0. The molecule has 0 aromatic carbocycles. The Morgan fingerprint density at radius 3 is 2.80 bits per heavy atom. The Kier molecular flexibility index (Phi) is 3.77. The Morgan fingerprint density at radius 2 is 2.12 bits per heavy atom. The van der Waals surface area contributed by atoms with Crippen LogP contribution in [-0.4, -0.2) is 51.4 Å². The van der Waals surface area contributed by atoms with E-state index in [1.54, 1.807) is 4.90 Å². The van der Waals surface area contributed by atoms with Crippen LogP contribution in [0.4, 0.5) is 4.79 Å². The zero-order valence-electron chi connectivity index (χ0n) is 14.3. The topological polar surface area (TPSA) is 95.8 Å². The van der Waals surface area contributed by atoms with Gasteiger partial charge in [-0.05, 0) is 32.6 Å². The van der Waals surface area contributed by atoms with Gasteiger partial charge in [0.15, 0.2) is 5.76 Å². The predicted molar refractivity (Wildman–Crippen MR) is 86.4 cm³/mol. The zero-order chi connectivity index (χ0) is 17.6. The van der Waals surface area contributed by atoms with Crippen LogP contribution in [0.25, 0.3) is 0 Å². The highest BCUT2D eigenvalue weighted by molar-refractivity contribution is 6.09. The number of likely N-dealkylation sites (tertiary alicyclic amines) is 1. The lowest BCUT2D eigenvalue weighted by Crippen LogP contribution is -2.46. The summed E-state index contributed by atoms with van der Waals surface area (Å²) in [5.74, 6) is 0.178. The van der Waals surface area contributed by atoms with Crippen LogP contribution in [0, 0.1) is 6.92 Å². The van der Waals surface area contributed by atoms with Crippen molar-refractivity contribution >= 4 is 17.8 Å². The number of imide groups is 1. The van der Waals surface area contributed by atoms with Gasteiger partial charge in [0.1, 0.15) is 12.1 Å². The molecule has 1 aromatic rings. The molecule has 1 unspecified atom stereocenters. The molecule has 25 heavy (non-hydrogen) atoms. The standard InChI is InChI=1S/C17H22N4O4/c1-11-9-13(25-19-11)12-5-4-8-20(12)14(22)10-21-15(23)17(18-16(21)24)6-2-3-7-17/h9,12H,2-8,10H2,1H3,(H,18,24). The number of nitrogens with zero attached hydrogens (tertiary/aromatic N) is 3. The summed E-state index contributed by atoms with van der Waals surface area (Å²) in [6, 6.07) is 1.21. The summed E-state index contributed by atoms with van der Waals surface area (Å²) in [5, 5.41) is 6.70. The molecule has 0 bridgehead atoms. The second kappa shape index (κ2) is 5.86. The number of carbonyl (C=O) groups is 3. The molecule has 1 atom stereocenters. The lowest BCUT2D eigenvalue weighted by molar-refractivity contribution is -0.139. The van der Waals surface area contributed by atoms with Gasteiger partial charge in [-0.1, -0.05) is 18.0 Å². The van der Waals surface area contributed by atoms with Gasteiger partial charge in [0.25, 0.3) is 5.91 Å². The van der Waals surface area contributed by atoms with Crippen molar-refractivity contribution in [3.05, 3.63) is 17.5 Å². The minimum Gasteiger partial charge on any atom is -0.359 e. The van der Waals surface area contributed by atoms with Gasteiger partial charge in [0.2, 0.25) is 5.91 Å². The van der Waals surface area contributed by atoms with Gasteiger partial charge in [0, 0.05) is 12.6 Å². The van der Waals surface area contributed by atoms with Crippen molar-refractivity contribution in [3.63, 3.8) is 0 Å². The van der Waals surface area contributed by atoms with E-state index >= 15 is 0 Å². The summed E-state index contributed by atoms with van der Waals surface area (Å²) in [5.41, 5.74) is -0.00402. The average Bonchev–Trinajstić information content (AvgIpc) is 3.33. The van der Waals surface area contributed by atoms with Crippen LogP contribution < -0.4 is 5.32 Å². The fourth-order valence-electron chi connectivity index (χ4n) is 4.26. The Labute approximate surface area is 145 Å². The van der Waals surface area contributed by atoms with Crippen LogP contribution in [0.2, 0.25) is 0 Å². The van der Waals surface area contributed by atoms with E-state index in [1.807, 2.05) is 13.0 Å². The molecule has 1 N–H and O–H groups in total. The molecule has 134 valence electrons. The van der Waals surface area contributed by atoms with Gasteiger partial charge >= 0.3 is 6.03 Å². The number of rotatable bonds is 3. The monoisotopic (exact) mass is 346 g/mol. The molecule has 3 aliphatic rings. The highest BCUT2D eigenvalue weighted by Gasteiger charge is 2.53. The fraction of sp³-hybridized carbons (Fsp3) is 0.647. The number of aromatic nitrogens is 1. The minimum atomic E-state index is -0.774. The molecule has 3 fully saturated rings. The number of amides is 4. The number of carbonyl (C=O) groups excluding carboxylic acids is 3. The molecule has 1 spiro atoms. The maximum atomic E-state index is 12.8. The highest BCUT2D eigenvalue weighted by atomic mass is 16.5. The Hall–Kier alpha value is -2.38. The van der Waals surface area contributed by atoms with Gasteiger partial charge < -0.3 is 14.7 Å². The molecule has 8 heteroatoms. The van der Waals surface area contributed by atoms with E-state index < -0.39 is 11.6 Å². The third-order valence-corrected chi connectivity index (χ3v) is 5.54. The van der Waals surface area contributed by atoms with E-state index in [0.717, 1.165) is 36.3 Å². The van der Waals surface area contributed by atoms with Crippen LogP contribution in [-0.2, 0) is 9.59 Å². The average molecular weight is 346 g/mol. The van der Waals surface area contributed by atoms with Gasteiger partial charge in [-0.15, -0.1) is 0 Å². The molecule has 2 aliphatic heterocycles. The van der Waals surface area contributed by atoms with Crippen molar-refractivity contribution in [2.75, 3.05) is 13.1 Å².